The van der Waals surface area contributed by atoms with Crippen LogP contribution in [0.3, 0.4) is 0 Å². The van der Waals surface area contributed by atoms with Crippen LogP contribution in [-0.2, 0) is 9.59 Å². The summed E-state index contributed by atoms with van der Waals surface area (Å²) in [6.45, 7) is 7.57. The van der Waals surface area contributed by atoms with Crippen LogP contribution in [0.1, 0.15) is 33.6 Å². The lowest BCUT2D eigenvalue weighted by atomic mass is 10.1. The zero-order valence-corrected chi connectivity index (χ0v) is 12.8. The summed E-state index contributed by atoms with van der Waals surface area (Å²) < 4.78 is 0.435. The smallest absolute Gasteiger partial charge is 0.332 e. The summed E-state index contributed by atoms with van der Waals surface area (Å²) in [6, 6.07) is 0. The molecule has 0 saturated heterocycles. The first-order valence-corrected chi connectivity index (χ1v) is 7.07. The number of hydrogen-bond acceptors (Lipinski definition) is 4. The molecule has 0 aromatic heterocycles. The fourth-order valence-electron chi connectivity index (χ4n) is 2.30. The van der Waals surface area contributed by atoms with Gasteiger partial charge in [0.1, 0.15) is 0 Å². The van der Waals surface area contributed by atoms with E-state index < -0.39 is 30.7 Å². The van der Waals surface area contributed by atoms with Crippen LogP contribution in [0.5, 0.6) is 0 Å². The van der Waals surface area contributed by atoms with Gasteiger partial charge in [0.05, 0.1) is 19.6 Å². The summed E-state index contributed by atoms with van der Waals surface area (Å²) in [7, 11) is 0. The predicted molar refractivity (Wildman–Crippen MR) is 76.5 cm³/mol. The molecular formula is C14H26NO6+. The Morgan fingerprint density at radius 3 is 2.00 bits per heavy atom. The first-order valence-electron chi connectivity index (χ1n) is 7.07. The molecule has 0 spiro atoms. The molecule has 21 heavy (non-hydrogen) atoms. The monoisotopic (exact) mass is 304 g/mol. The molecule has 0 aliphatic carbocycles. The van der Waals surface area contributed by atoms with Crippen LogP contribution in [0.4, 0.5) is 0 Å². The van der Waals surface area contributed by atoms with Gasteiger partial charge in [0.15, 0.2) is 12.3 Å². The number of carbonyl (C=O) groups is 2. The molecule has 0 aliphatic rings. The maximum Gasteiger partial charge on any atom is 0.332 e. The fourth-order valence-corrected chi connectivity index (χ4v) is 2.30. The van der Waals surface area contributed by atoms with E-state index in [0.717, 1.165) is 0 Å². The first-order chi connectivity index (χ1) is 9.70. The minimum atomic E-state index is -1.72. The van der Waals surface area contributed by atoms with E-state index in [1.165, 1.54) is 6.08 Å². The third-order valence-electron chi connectivity index (χ3n) is 3.99. The molecule has 0 aromatic rings. The molecule has 0 fully saturated rings. The van der Waals surface area contributed by atoms with Gasteiger partial charge in [-0.25, -0.2) is 9.59 Å². The lowest BCUT2D eigenvalue weighted by Gasteiger charge is -2.39. The number of carboxylic acids is 2. The van der Waals surface area contributed by atoms with Gasteiger partial charge in [-0.05, 0) is 13.8 Å². The van der Waals surface area contributed by atoms with E-state index in [4.69, 9.17) is 10.2 Å². The molecule has 0 bridgehead atoms. The summed E-state index contributed by atoms with van der Waals surface area (Å²) in [6.07, 6.45) is -0.903. The molecule has 0 rings (SSSR count). The minimum Gasteiger partial charge on any atom is -0.479 e. The van der Waals surface area contributed by atoms with Gasteiger partial charge in [0.2, 0.25) is 0 Å². The van der Waals surface area contributed by atoms with Crippen molar-refractivity contribution in [2.24, 2.45) is 0 Å². The van der Waals surface area contributed by atoms with Crippen molar-refractivity contribution >= 4 is 11.9 Å². The molecule has 0 aliphatic heterocycles. The number of aliphatic carboxylic acids is 2. The number of aliphatic hydroxyl groups excluding tert-OH is 2. The highest BCUT2D eigenvalue weighted by atomic mass is 16.4. The van der Waals surface area contributed by atoms with Crippen LogP contribution in [0, 0.1) is 0 Å². The maximum atomic E-state index is 11.1. The Hall–Kier alpha value is -1.44. The van der Waals surface area contributed by atoms with Crippen molar-refractivity contribution in [3.05, 3.63) is 11.6 Å². The summed E-state index contributed by atoms with van der Waals surface area (Å²) in [4.78, 5) is 21.6. The fraction of sp³-hybridized carbons (Fsp3) is 0.714. The van der Waals surface area contributed by atoms with Crippen LogP contribution in [0.25, 0.3) is 0 Å². The normalized spacial score (nSPS) is 15.6. The number of quaternary nitrogens is 1. The number of carboxylic acid groups (broad SMARTS) is 2. The zero-order valence-electron chi connectivity index (χ0n) is 12.8. The summed E-state index contributed by atoms with van der Waals surface area (Å²) in [5.74, 6) is -2.68. The van der Waals surface area contributed by atoms with E-state index in [2.05, 4.69) is 0 Å². The van der Waals surface area contributed by atoms with Gasteiger partial charge >= 0.3 is 11.9 Å². The largest absolute Gasteiger partial charge is 0.479 e. The highest BCUT2D eigenvalue weighted by Crippen LogP contribution is 2.15. The van der Waals surface area contributed by atoms with Gasteiger partial charge in [0, 0.05) is 25.3 Å². The Labute approximate surface area is 124 Å². The number of aliphatic hydroxyl groups is 2. The van der Waals surface area contributed by atoms with Gasteiger partial charge in [0.25, 0.3) is 0 Å². The van der Waals surface area contributed by atoms with Crippen molar-refractivity contribution in [3.8, 4) is 0 Å². The molecule has 4 N–H and O–H groups in total. The molecule has 0 radical (unpaired) electrons. The molecule has 2 unspecified atom stereocenters. The molecular weight excluding hydrogens is 278 g/mol. The van der Waals surface area contributed by atoms with Crippen LogP contribution >= 0.6 is 0 Å². The van der Waals surface area contributed by atoms with E-state index in [-0.39, 0.29) is 5.57 Å². The second kappa shape index (κ2) is 8.76. The van der Waals surface area contributed by atoms with Crippen molar-refractivity contribution in [1.82, 2.24) is 0 Å². The zero-order chi connectivity index (χ0) is 16.6. The van der Waals surface area contributed by atoms with Gasteiger partial charge < -0.3 is 20.4 Å². The Balaban J connectivity index is 4.86. The minimum absolute atomic E-state index is 0.124. The maximum absolute atomic E-state index is 11.1. The average molecular weight is 304 g/mol. The Morgan fingerprint density at radius 2 is 1.67 bits per heavy atom. The molecule has 0 aromatic carbocycles. The second-order valence-electron chi connectivity index (χ2n) is 5.09. The van der Waals surface area contributed by atoms with Crippen molar-refractivity contribution in [1.29, 1.82) is 0 Å². The van der Waals surface area contributed by atoms with E-state index in [1.807, 2.05) is 13.8 Å². The summed E-state index contributed by atoms with van der Waals surface area (Å²) >= 11 is 0. The quantitative estimate of drug-likeness (QED) is 0.264. The number of rotatable bonds is 10. The first kappa shape index (κ1) is 19.6. The Morgan fingerprint density at radius 1 is 1.14 bits per heavy atom. The van der Waals surface area contributed by atoms with E-state index in [0.29, 0.717) is 30.5 Å². The highest BCUT2D eigenvalue weighted by Gasteiger charge is 2.28. The Kier molecular flexibility index (Phi) is 8.16. The third-order valence-corrected chi connectivity index (χ3v) is 3.99. The topological polar surface area (TPSA) is 115 Å². The average Bonchev–Trinajstić information content (AvgIpc) is 2.41. The van der Waals surface area contributed by atoms with Crippen molar-refractivity contribution < 1.29 is 34.5 Å². The molecule has 0 saturated carbocycles. The predicted octanol–water partition coefficient (Wildman–Crippen LogP) is 0.418. The van der Waals surface area contributed by atoms with Crippen LogP contribution in [0.15, 0.2) is 11.6 Å². The van der Waals surface area contributed by atoms with E-state index in [1.54, 1.807) is 6.92 Å². The standard InChI is InChI=1S/C14H25NO6/c1-4-15(5-2,10(3)16)8-6-7-11(13(18)19)9-12(17)14(20)21/h7,10,12,16-17H,4-6,8-9H2,1-3H3,(H-,18,19,20,21)/p+1. The molecule has 7 nitrogen and oxygen atoms in total. The van der Waals surface area contributed by atoms with Crippen molar-refractivity contribution in [2.45, 2.75) is 45.9 Å². The third kappa shape index (κ3) is 5.82. The van der Waals surface area contributed by atoms with Gasteiger partial charge in [-0.15, -0.1) is 0 Å². The van der Waals surface area contributed by atoms with Gasteiger partial charge in [-0.2, -0.15) is 0 Å². The number of nitrogens with zero attached hydrogens (tertiary/aromatic N) is 1. The Bertz CT molecular complexity index is 387. The molecule has 2 atom stereocenters. The summed E-state index contributed by atoms with van der Waals surface area (Å²) in [5, 5.41) is 36.8. The van der Waals surface area contributed by atoms with Crippen LogP contribution < -0.4 is 0 Å². The van der Waals surface area contributed by atoms with Gasteiger partial charge in [-0.1, -0.05) is 6.08 Å². The lowest BCUT2D eigenvalue weighted by Crippen LogP contribution is -2.54. The molecule has 7 heteroatoms. The highest BCUT2D eigenvalue weighted by molar-refractivity contribution is 5.87. The molecule has 0 amide bonds. The van der Waals surface area contributed by atoms with Crippen LogP contribution in [0.2, 0.25) is 0 Å². The number of hydrogen-bond donors (Lipinski definition) is 4. The van der Waals surface area contributed by atoms with Crippen LogP contribution in [-0.4, -0.2) is 68.8 Å². The van der Waals surface area contributed by atoms with Crippen molar-refractivity contribution in [2.75, 3.05) is 19.6 Å². The second-order valence-corrected chi connectivity index (χ2v) is 5.09. The lowest BCUT2D eigenvalue weighted by molar-refractivity contribution is -0.965. The van der Waals surface area contributed by atoms with Gasteiger partial charge in [-0.3, -0.25) is 4.48 Å². The van der Waals surface area contributed by atoms with E-state index in [9.17, 15) is 19.8 Å². The van der Waals surface area contributed by atoms with E-state index >= 15 is 0 Å². The van der Waals surface area contributed by atoms with Crippen molar-refractivity contribution in [3.63, 3.8) is 0 Å². The SMILES string of the molecule is CC[N+](CC)(CCC=C(CC(O)C(=O)O)C(=O)O)C(C)O. The molecule has 0 heterocycles. The summed E-state index contributed by atoms with van der Waals surface area (Å²) in [5.41, 5.74) is -0.124. The molecule has 122 valence electrons.